The van der Waals surface area contributed by atoms with E-state index in [9.17, 15) is 19.2 Å². The van der Waals surface area contributed by atoms with Crippen molar-refractivity contribution in [2.45, 2.75) is 6.92 Å². The Balaban J connectivity index is 1.40. The van der Waals surface area contributed by atoms with Crippen LogP contribution in [-0.2, 0) is 14.4 Å². The Hall–Kier alpha value is -4.29. The van der Waals surface area contributed by atoms with Gasteiger partial charge in [0.15, 0.2) is 18.1 Å². The van der Waals surface area contributed by atoms with Gasteiger partial charge in [-0.2, -0.15) is 0 Å². The highest BCUT2D eigenvalue weighted by atomic mass is 79.9. The minimum absolute atomic E-state index is 0.140. The van der Waals surface area contributed by atoms with Gasteiger partial charge in [0.05, 0.1) is 19.1 Å². The van der Waals surface area contributed by atoms with Crippen molar-refractivity contribution in [1.82, 2.24) is 4.90 Å². The van der Waals surface area contributed by atoms with Crippen molar-refractivity contribution in [2.75, 3.05) is 38.0 Å². The van der Waals surface area contributed by atoms with E-state index in [0.29, 0.717) is 38.7 Å². The molecule has 41 heavy (non-hydrogen) atoms. The van der Waals surface area contributed by atoms with Crippen LogP contribution in [0.5, 0.6) is 17.2 Å². The highest BCUT2D eigenvalue weighted by Gasteiger charge is 2.36. The van der Waals surface area contributed by atoms with Gasteiger partial charge in [-0.3, -0.25) is 24.1 Å². The summed E-state index contributed by atoms with van der Waals surface area (Å²) in [6.07, 6.45) is 1.52. The third-order valence-corrected chi connectivity index (χ3v) is 7.41. The molecular weight excluding hydrogens is 614 g/mol. The number of nitrogens with one attached hydrogen (secondary N) is 2. The number of carbonyl (C=O) groups is 4. The number of nitrogens with zero attached hydrogens (tertiary/aromatic N) is 1. The van der Waals surface area contributed by atoms with E-state index < -0.39 is 23.6 Å². The summed E-state index contributed by atoms with van der Waals surface area (Å²) < 4.78 is 16.7. The number of hydrogen-bond donors (Lipinski definition) is 2. The maximum Gasteiger partial charge on any atom is 0.294 e. The van der Waals surface area contributed by atoms with Crippen LogP contribution in [0.2, 0.25) is 0 Å². The number of benzene rings is 3. The lowest BCUT2D eigenvalue weighted by atomic mass is 10.2. The highest BCUT2D eigenvalue weighted by molar-refractivity contribution is 9.10. The number of methoxy groups -OCH3 is 2. The average molecular weight is 641 g/mol. The number of imide groups is 1. The molecule has 0 atom stereocenters. The van der Waals surface area contributed by atoms with Gasteiger partial charge in [0.25, 0.3) is 17.1 Å². The maximum atomic E-state index is 13.0. The number of halogens is 1. The van der Waals surface area contributed by atoms with Crippen molar-refractivity contribution in [3.8, 4) is 17.2 Å². The van der Waals surface area contributed by atoms with Gasteiger partial charge in [0, 0.05) is 15.8 Å². The monoisotopic (exact) mass is 639 g/mol. The molecule has 1 fully saturated rings. The van der Waals surface area contributed by atoms with E-state index in [1.54, 1.807) is 48.5 Å². The summed E-state index contributed by atoms with van der Waals surface area (Å²) in [6.45, 7) is 1.26. The van der Waals surface area contributed by atoms with E-state index in [1.165, 1.54) is 20.3 Å². The maximum absolute atomic E-state index is 13.0. The third kappa shape index (κ3) is 7.68. The van der Waals surface area contributed by atoms with Gasteiger partial charge < -0.3 is 24.8 Å². The predicted octanol–water partition coefficient (Wildman–Crippen LogP) is 5.47. The SMILES string of the molecule is COc1ccc(NC(=O)CN2C(=O)S/C(=C/c3cc(OC)c(OCC(=O)Nc4ccc(C)cc4)cc3Br)C2=O)cc1. The number of ether oxygens (including phenoxy) is 3. The second-order valence-corrected chi connectivity index (χ2v) is 10.6. The Bertz CT molecular complexity index is 1510. The normalized spacial score (nSPS) is 13.8. The van der Waals surface area contributed by atoms with Crippen molar-refractivity contribution in [2.24, 2.45) is 0 Å². The molecule has 212 valence electrons. The quantitative estimate of drug-likeness (QED) is 0.280. The van der Waals surface area contributed by atoms with E-state index in [-0.39, 0.29) is 17.4 Å². The number of rotatable bonds is 10. The molecule has 3 aromatic carbocycles. The van der Waals surface area contributed by atoms with Crippen LogP contribution in [0, 0.1) is 6.92 Å². The summed E-state index contributed by atoms with van der Waals surface area (Å²) in [7, 11) is 2.98. The number of carbonyl (C=O) groups excluding carboxylic acids is 4. The fourth-order valence-electron chi connectivity index (χ4n) is 3.71. The predicted molar refractivity (Wildman–Crippen MR) is 160 cm³/mol. The van der Waals surface area contributed by atoms with Crippen LogP contribution in [0.3, 0.4) is 0 Å². The zero-order valence-corrected chi connectivity index (χ0v) is 24.8. The van der Waals surface area contributed by atoms with Gasteiger partial charge in [-0.1, -0.05) is 33.6 Å². The first-order valence-corrected chi connectivity index (χ1v) is 13.8. The van der Waals surface area contributed by atoms with Gasteiger partial charge in [0.2, 0.25) is 5.91 Å². The van der Waals surface area contributed by atoms with Crippen LogP contribution in [0.25, 0.3) is 6.08 Å². The fourth-order valence-corrected chi connectivity index (χ4v) is 4.97. The molecule has 1 heterocycles. The van der Waals surface area contributed by atoms with Crippen molar-refractivity contribution in [1.29, 1.82) is 0 Å². The highest BCUT2D eigenvalue weighted by Crippen LogP contribution is 2.38. The second kappa shape index (κ2) is 13.4. The fraction of sp³-hybridized carbons (Fsp3) is 0.172. The van der Waals surface area contributed by atoms with Crippen molar-refractivity contribution >= 4 is 68.1 Å². The molecule has 0 bridgehead atoms. The molecule has 0 aliphatic carbocycles. The Labute approximate surface area is 249 Å². The van der Waals surface area contributed by atoms with Crippen molar-refractivity contribution < 1.29 is 33.4 Å². The van der Waals surface area contributed by atoms with Gasteiger partial charge >= 0.3 is 0 Å². The molecule has 1 aliphatic rings. The summed E-state index contributed by atoms with van der Waals surface area (Å²) in [5.74, 6) is -0.205. The molecule has 10 nitrogen and oxygen atoms in total. The van der Waals surface area contributed by atoms with Crippen LogP contribution >= 0.6 is 27.7 Å². The largest absolute Gasteiger partial charge is 0.497 e. The van der Waals surface area contributed by atoms with E-state index in [1.807, 2.05) is 19.1 Å². The summed E-state index contributed by atoms with van der Waals surface area (Å²) in [4.78, 5) is 51.4. The van der Waals surface area contributed by atoms with E-state index in [2.05, 4.69) is 26.6 Å². The lowest BCUT2D eigenvalue weighted by molar-refractivity contribution is -0.127. The zero-order valence-electron chi connectivity index (χ0n) is 22.4. The number of hydrogen-bond acceptors (Lipinski definition) is 8. The molecule has 1 saturated heterocycles. The molecule has 0 radical (unpaired) electrons. The lowest BCUT2D eigenvalue weighted by Crippen LogP contribution is -2.36. The minimum atomic E-state index is -0.594. The van der Waals surface area contributed by atoms with Crippen LogP contribution in [0.4, 0.5) is 16.2 Å². The van der Waals surface area contributed by atoms with Gasteiger partial charge in [-0.05, 0) is 78.9 Å². The van der Waals surface area contributed by atoms with Gasteiger partial charge in [-0.25, -0.2) is 0 Å². The number of aryl methyl sites for hydroxylation is 1. The zero-order chi connectivity index (χ0) is 29.5. The van der Waals surface area contributed by atoms with Gasteiger partial charge in [0.1, 0.15) is 12.3 Å². The third-order valence-electron chi connectivity index (χ3n) is 5.81. The lowest BCUT2D eigenvalue weighted by Gasteiger charge is -2.13. The molecular formula is C29H26BrN3O7S. The minimum Gasteiger partial charge on any atom is -0.497 e. The van der Waals surface area contributed by atoms with Crippen LogP contribution in [-0.4, -0.2) is 55.2 Å². The molecule has 2 N–H and O–H groups in total. The van der Waals surface area contributed by atoms with Crippen LogP contribution in [0.1, 0.15) is 11.1 Å². The molecule has 3 aromatic rings. The Morgan fingerprint density at radius 3 is 2.17 bits per heavy atom. The molecule has 4 rings (SSSR count). The van der Waals surface area contributed by atoms with Crippen molar-refractivity contribution in [3.63, 3.8) is 0 Å². The van der Waals surface area contributed by atoms with Gasteiger partial charge in [-0.15, -0.1) is 0 Å². The molecule has 0 spiro atoms. The molecule has 0 saturated carbocycles. The summed E-state index contributed by atoms with van der Waals surface area (Å²) in [5, 5.41) is 4.85. The first-order chi connectivity index (χ1) is 19.7. The number of amides is 4. The first-order valence-electron chi connectivity index (χ1n) is 12.2. The molecule has 0 unspecified atom stereocenters. The summed E-state index contributed by atoms with van der Waals surface area (Å²) in [6, 6.07) is 17.3. The second-order valence-electron chi connectivity index (χ2n) is 8.77. The number of thioether (sulfide) groups is 1. The average Bonchev–Trinajstić information content (AvgIpc) is 3.21. The van der Waals surface area contributed by atoms with Crippen LogP contribution < -0.4 is 24.8 Å². The molecule has 12 heteroatoms. The number of anilines is 2. The molecule has 1 aliphatic heterocycles. The summed E-state index contributed by atoms with van der Waals surface area (Å²) in [5.41, 5.74) is 2.77. The Morgan fingerprint density at radius 2 is 1.54 bits per heavy atom. The van der Waals surface area contributed by atoms with Crippen LogP contribution in [0.15, 0.2) is 70.0 Å². The van der Waals surface area contributed by atoms with E-state index in [0.717, 1.165) is 22.2 Å². The Kier molecular flexibility index (Phi) is 9.69. The standard InChI is InChI=1S/C29H26BrN3O7S/c1-17-4-6-19(7-5-17)32-27(35)16-40-24-14-22(30)18(12-23(24)39-3)13-25-28(36)33(29(37)41-25)15-26(34)31-20-8-10-21(38-2)11-9-20/h4-14H,15-16H2,1-3H3,(H,31,34)(H,32,35)/b25-13+. The van der Waals surface area contributed by atoms with Crippen molar-refractivity contribution in [3.05, 3.63) is 81.2 Å². The molecule has 4 amide bonds. The van der Waals surface area contributed by atoms with E-state index in [4.69, 9.17) is 14.2 Å². The summed E-state index contributed by atoms with van der Waals surface area (Å²) >= 11 is 4.18. The smallest absolute Gasteiger partial charge is 0.294 e. The first kappa shape index (κ1) is 29.7. The molecule has 0 aromatic heterocycles. The topological polar surface area (TPSA) is 123 Å². The Morgan fingerprint density at radius 1 is 0.902 bits per heavy atom. The van der Waals surface area contributed by atoms with E-state index >= 15 is 0 Å².